The molecule has 2 rings (SSSR count). The number of rotatable bonds is 5. The molecule has 18 heavy (non-hydrogen) atoms. The highest BCUT2D eigenvalue weighted by Gasteiger charge is 2.07. The summed E-state index contributed by atoms with van der Waals surface area (Å²) in [5.74, 6) is -0.296. The van der Waals surface area contributed by atoms with Crippen molar-refractivity contribution in [3.05, 3.63) is 36.4 Å². The van der Waals surface area contributed by atoms with Crippen LogP contribution in [0.1, 0.15) is 6.42 Å². The molecule has 0 saturated heterocycles. The number of hydrogen-bond donors (Lipinski definition) is 2. The molecule has 0 amide bonds. The molecule has 5 heteroatoms. The highest BCUT2D eigenvalue weighted by Crippen LogP contribution is 2.16. The lowest BCUT2D eigenvalue weighted by molar-refractivity contribution is 0.296. The molecule has 0 atom stereocenters. The molecule has 0 spiro atoms. The zero-order chi connectivity index (χ0) is 13.0. The van der Waals surface area contributed by atoms with Crippen molar-refractivity contribution in [2.75, 3.05) is 37.9 Å². The van der Waals surface area contributed by atoms with Gasteiger partial charge in [0.25, 0.3) is 0 Å². The third-order valence-electron chi connectivity index (χ3n) is 2.87. The minimum Gasteiger partial charge on any atom is -0.399 e. The van der Waals surface area contributed by atoms with E-state index >= 15 is 0 Å². The van der Waals surface area contributed by atoms with Gasteiger partial charge in [-0.1, -0.05) is 0 Å². The molecule has 1 aliphatic rings. The molecular weight excluding hydrogens is 231 g/mol. The van der Waals surface area contributed by atoms with Crippen LogP contribution in [-0.4, -0.2) is 36.6 Å². The Bertz CT molecular complexity index is 433. The lowest BCUT2D eigenvalue weighted by atomic mass is 10.2. The SMILES string of the molecule is CN1C=CN(CCCNc2ccc(N)cc2F)C1. The Balaban J connectivity index is 1.70. The van der Waals surface area contributed by atoms with Gasteiger partial charge in [0, 0.05) is 38.2 Å². The van der Waals surface area contributed by atoms with E-state index in [0.717, 1.165) is 26.2 Å². The molecule has 0 aromatic heterocycles. The Hall–Kier alpha value is -1.91. The minimum absolute atomic E-state index is 0.296. The summed E-state index contributed by atoms with van der Waals surface area (Å²) in [6.07, 6.45) is 5.08. The molecule has 98 valence electrons. The van der Waals surface area contributed by atoms with Crippen molar-refractivity contribution < 1.29 is 4.39 Å². The van der Waals surface area contributed by atoms with Crippen LogP contribution in [0.3, 0.4) is 0 Å². The maximum absolute atomic E-state index is 13.5. The van der Waals surface area contributed by atoms with Crippen LogP contribution < -0.4 is 11.1 Å². The lowest BCUT2D eigenvalue weighted by Gasteiger charge is -2.18. The second-order valence-electron chi connectivity index (χ2n) is 4.53. The number of hydrogen-bond acceptors (Lipinski definition) is 4. The lowest BCUT2D eigenvalue weighted by Crippen LogP contribution is -2.24. The highest BCUT2D eigenvalue weighted by molar-refractivity contribution is 5.52. The van der Waals surface area contributed by atoms with Crippen LogP contribution in [0.2, 0.25) is 0 Å². The molecule has 0 unspecified atom stereocenters. The Morgan fingerprint density at radius 2 is 2.22 bits per heavy atom. The second-order valence-corrected chi connectivity index (χ2v) is 4.53. The first-order valence-corrected chi connectivity index (χ1v) is 6.06. The molecule has 1 aromatic carbocycles. The van der Waals surface area contributed by atoms with E-state index < -0.39 is 0 Å². The summed E-state index contributed by atoms with van der Waals surface area (Å²) in [5, 5.41) is 3.08. The molecular formula is C13H19FN4. The van der Waals surface area contributed by atoms with Crippen LogP contribution in [0, 0.1) is 5.82 Å². The third-order valence-corrected chi connectivity index (χ3v) is 2.87. The summed E-state index contributed by atoms with van der Waals surface area (Å²) in [5.41, 5.74) is 6.45. The maximum atomic E-state index is 13.5. The number of nitrogen functional groups attached to an aromatic ring is 1. The fraction of sp³-hybridized carbons (Fsp3) is 0.385. The second kappa shape index (κ2) is 5.62. The van der Waals surface area contributed by atoms with E-state index in [2.05, 4.69) is 21.3 Å². The summed E-state index contributed by atoms with van der Waals surface area (Å²) in [6.45, 7) is 2.63. The van der Waals surface area contributed by atoms with Gasteiger partial charge in [-0.3, -0.25) is 0 Å². The van der Waals surface area contributed by atoms with Crippen LogP contribution >= 0.6 is 0 Å². The Morgan fingerprint density at radius 1 is 1.39 bits per heavy atom. The number of nitrogens with zero attached hydrogens (tertiary/aromatic N) is 2. The van der Waals surface area contributed by atoms with Gasteiger partial charge in [-0.05, 0) is 24.6 Å². The van der Waals surface area contributed by atoms with Gasteiger partial charge in [0.1, 0.15) is 5.82 Å². The van der Waals surface area contributed by atoms with Gasteiger partial charge in [-0.15, -0.1) is 0 Å². The van der Waals surface area contributed by atoms with Gasteiger partial charge in [0.15, 0.2) is 0 Å². The first-order chi connectivity index (χ1) is 8.65. The molecule has 1 aromatic rings. The smallest absolute Gasteiger partial charge is 0.148 e. The van der Waals surface area contributed by atoms with Gasteiger partial charge in [0.05, 0.1) is 12.4 Å². The van der Waals surface area contributed by atoms with Crippen molar-refractivity contribution in [3.63, 3.8) is 0 Å². The van der Waals surface area contributed by atoms with Crippen molar-refractivity contribution in [2.24, 2.45) is 0 Å². The van der Waals surface area contributed by atoms with Crippen LogP contribution in [-0.2, 0) is 0 Å². The largest absolute Gasteiger partial charge is 0.399 e. The van der Waals surface area contributed by atoms with E-state index in [1.807, 2.05) is 13.2 Å². The molecule has 0 radical (unpaired) electrons. The van der Waals surface area contributed by atoms with Crippen molar-refractivity contribution >= 4 is 11.4 Å². The van der Waals surface area contributed by atoms with Crippen LogP contribution in [0.25, 0.3) is 0 Å². The maximum Gasteiger partial charge on any atom is 0.148 e. The van der Waals surface area contributed by atoms with Gasteiger partial charge < -0.3 is 20.9 Å². The molecule has 0 bridgehead atoms. The van der Waals surface area contributed by atoms with E-state index in [4.69, 9.17) is 5.73 Å². The third kappa shape index (κ3) is 3.29. The fourth-order valence-electron chi connectivity index (χ4n) is 1.91. The predicted molar refractivity (Wildman–Crippen MR) is 72.4 cm³/mol. The zero-order valence-corrected chi connectivity index (χ0v) is 10.6. The average Bonchev–Trinajstić information content (AvgIpc) is 2.73. The minimum atomic E-state index is -0.296. The molecule has 3 N–H and O–H groups in total. The normalized spacial score (nSPS) is 14.3. The summed E-state index contributed by atoms with van der Waals surface area (Å²) < 4.78 is 13.5. The van der Waals surface area contributed by atoms with Gasteiger partial charge in [-0.2, -0.15) is 0 Å². The summed E-state index contributed by atoms with van der Waals surface area (Å²) in [4.78, 5) is 4.34. The number of nitrogens with two attached hydrogens (primary N) is 1. The van der Waals surface area contributed by atoms with E-state index in [1.165, 1.54) is 6.07 Å². The fourth-order valence-corrected chi connectivity index (χ4v) is 1.91. The van der Waals surface area contributed by atoms with Crippen LogP contribution in [0.4, 0.5) is 15.8 Å². The Labute approximate surface area is 107 Å². The van der Waals surface area contributed by atoms with Crippen LogP contribution in [0.5, 0.6) is 0 Å². The average molecular weight is 250 g/mol. The number of nitrogens with one attached hydrogen (secondary N) is 1. The monoisotopic (exact) mass is 250 g/mol. The molecule has 0 saturated carbocycles. The quantitative estimate of drug-likeness (QED) is 0.618. The molecule has 1 heterocycles. The molecule has 1 aliphatic heterocycles. The van der Waals surface area contributed by atoms with Crippen molar-refractivity contribution in [2.45, 2.75) is 6.42 Å². The Morgan fingerprint density at radius 3 is 2.89 bits per heavy atom. The zero-order valence-electron chi connectivity index (χ0n) is 10.6. The van der Waals surface area contributed by atoms with Crippen LogP contribution in [0.15, 0.2) is 30.6 Å². The predicted octanol–water partition coefficient (Wildman–Crippen LogP) is 1.89. The van der Waals surface area contributed by atoms with Crippen molar-refractivity contribution in [1.29, 1.82) is 0 Å². The van der Waals surface area contributed by atoms with E-state index in [9.17, 15) is 4.39 Å². The highest BCUT2D eigenvalue weighted by atomic mass is 19.1. The topological polar surface area (TPSA) is 44.5 Å². The molecule has 0 aliphatic carbocycles. The van der Waals surface area contributed by atoms with Crippen molar-refractivity contribution in [3.8, 4) is 0 Å². The van der Waals surface area contributed by atoms with Gasteiger partial charge in [0.2, 0.25) is 0 Å². The summed E-state index contributed by atoms with van der Waals surface area (Å²) in [7, 11) is 2.04. The first kappa shape index (κ1) is 12.5. The number of benzene rings is 1. The number of halogens is 1. The number of anilines is 2. The van der Waals surface area contributed by atoms with E-state index in [1.54, 1.807) is 12.1 Å². The molecule has 4 nitrogen and oxygen atoms in total. The summed E-state index contributed by atoms with van der Waals surface area (Å²) >= 11 is 0. The van der Waals surface area contributed by atoms with Gasteiger partial charge in [-0.25, -0.2) is 4.39 Å². The summed E-state index contributed by atoms with van der Waals surface area (Å²) in [6, 6.07) is 4.71. The van der Waals surface area contributed by atoms with Gasteiger partial charge >= 0.3 is 0 Å². The first-order valence-electron chi connectivity index (χ1n) is 6.06. The van der Waals surface area contributed by atoms with Crippen molar-refractivity contribution in [1.82, 2.24) is 9.80 Å². The van der Waals surface area contributed by atoms with E-state index in [0.29, 0.717) is 11.4 Å². The standard InChI is InChI=1S/C13H19FN4/c1-17-7-8-18(10-17)6-2-5-16-13-4-3-11(15)9-12(13)14/h3-4,7-9,16H,2,5-6,10,15H2,1H3. The van der Waals surface area contributed by atoms with E-state index in [-0.39, 0.29) is 5.82 Å². The molecule has 0 fully saturated rings. The Kier molecular flexibility index (Phi) is 3.92.